The number of ether oxygens (including phenoxy) is 1. The Morgan fingerprint density at radius 1 is 0.879 bits per heavy atom. The predicted octanol–water partition coefficient (Wildman–Crippen LogP) is 6.08. The van der Waals surface area contributed by atoms with Gasteiger partial charge in [-0.05, 0) is 48.2 Å². The lowest BCUT2D eigenvalue weighted by Gasteiger charge is -2.40. The quantitative estimate of drug-likeness (QED) is 0.408. The van der Waals surface area contributed by atoms with Gasteiger partial charge in [0.25, 0.3) is 0 Å². The Bertz CT molecular complexity index is 1180. The highest BCUT2D eigenvalue weighted by atomic mass is 19.1. The number of aromatic amines is 1. The normalized spacial score (nSPS) is 20.0. The van der Waals surface area contributed by atoms with Crippen LogP contribution in [0.3, 0.4) is 0 Å². The Morgan fingerprint density at radius 2 is 1.55 bits per heavy atom. The Kier molecular flexibility index (Phi) is 6.07. The van der Waals surface area contributed by atoms with Gasteiger partial charge >= 0.3 is 0 Å². The van der Waals surface area contributed by atoms with Gasteiger partial charge in [-0.3, -0.25) is 10.00 Å². The Labute approximate surface area is 194 Å². The molecule has 1 fully saturated rings. The average molecular weight is 442 g/mol. The topological polar surface area (TPSA) is 41.2 Å². The molecule has 4 aromatic rings. The summed E-state index contributed by atoms with van der Waals surface area (Å²) in [4.78, 5) is 2.40. The van der Waals surface area contributed by atoms with Gasteiger partial charge in [-0.1, -0.05) is 60.7 Å². The van der Waals surface area contributed by atoms with E-state index in [2.05, 4.69) is 53.2 Å². The molecule has 0 radical (unpaired) electrons. The number of rotatable bonds is 5. The maximum atomic E-state index is 15.0. The van der Waals surface area contributed by atoms with Crippen LogP contribution in [0.2, 0.25) is 0 Å². The molecule has 1 aliphatic heterocycles. The molecule has 0 saturated carbocycles. The van der Waals surface area contributed by atoms with Crippen molar-refractivity contribution in [1.29, 1.82) is 0 Å². The largest absolute Gasteiger partial charge is 0.373 e. The van der Waals surface area contributed by atoms with E-state index in [4.69, 9.17) is 4.74 Å². The fourth-order valence-electron chi connectivity index (χ4n) is 4.86. The van der Waals surface area contributed by atoms with Crippen LogP contribution < -0.4 is 0 Å². The van der Waals surface area contributed by atoms with E-state index in [1.165, 1.54) is 0 Å². The summed E-state index contributed by atoms with van der Waals surface area (Å²) in [7, 11) is 0. The highest BCUT2D eigenvalue weighted by Crippen LogP contribution is 2.35. The number of morpholine rings is 1. The van der Waals surface area contributed by atoms with E-state index in [1.54, 1.807) is 6.07 Å². The summed E-state index contributed by atoms with van der Waals surface area (Å²) in [6.45, 7) is 5.80. The molecule has 5 rings (SSSR count). The molecule has 1 aromatic heterocycles. The molecule has 0 bridgehead atoms. The van der Waals surface area contributed by atoms with Gasteiger partial charge in [0.1, 0.15) is 5.82 Å². The van der Waals surface area contributed by atoms with Gasteiger partial charge in [0, 0.05) is 30.4 Å². The number of halogens is 1. The van der Waals surface area contributed by atoms with Crippen molar-refractivity contribution in [2.45, 2.75) is 32.1 Å². The van der Waals surface area contributed by atoms with Gasteiger partial charge in [-0.2, -0.15) is 5.10 Å². The lowest BCUT2D eigenvalue weighted by molar-refractivity contribution is -0.0765. The van der Waals surface area contributed by atoms with Crippen molar-refractivity contribution in [3.63, 3.8) is 0 Å². The molecule has 0 amide bonds. The Balaban J connectivity index is 1.51. The van der Waals surface area contributed by atoms with Crippen molar-refractivity contribution < 1.29 is 9.13 Å². The van der Waals surface area contributed by atoms with Crippen LogP contribution in [0.4, 0.5) is 4.39 Å². The molecular weight excluding hydrogens is 413 g/mol. The molecule has 1 aliphatic rings. The van der Waals surface area contributed by atoms with E-state index in [9.17, 15) is 4.39 Å². The first-order chi connectivity index (χ1) is 16.1. The van der Waals surface area contributed by atoms with Gasteiger partial charge in [0.2, 0.25) is 0 Å². The minimum absolute atomic E-state index is 0.0273. The highest BCUT2D eigenvalue weighted by Gasteiger charge is 2.31. The first kappa shape index (κ1) is 21.6. The molecule has 1 N–H and O–H groups in total. The zero-order valence-corrected chi connectivity index (χ0v) is 18.9. The van der Waals surface area contributed by atoms with Crippen LogP contribution in [0, 0.1) is 5.82 Å². The van der Waals surface area contributed by atoms with Crippen molar-refractivity contribution in [3.8, 4) is 22.3 Å². The number of benzene rings is 3. The third kappa shape index (κ3) is 4.61. The van der Waals surface area contributed by atoms with Crippen molar-refractivity contribution in [2.75, 3.05) is 13.1 Å². The first-order valence-corrected chi connectivity index (χ1v) is 11.4. The lowest BCUT2D eigenvalue weighted by Crippen LogP contribution is -2.47. The van der Waals surface area contributed by atoms with Crippen LogP contribution in [-0.2, 0) is 4.74 Å². The second-order valence-corrected chi connectivity index (χ2v) is 8.83. The summed E-state index contributed by atoms with van der Waals surface area (Å²) in [6.07, 6.45) is 4.04. The smallest absolute Gasteiger partial charge is 0.131 e. The van der Waals surface area contributed by atoms with Gasteiger partial charge in [-0.25, -0.2) is 4.39 Å². The number of aromatic nitrogens is 2. The summed E-state index contributed by atoms with van der Waals surface area (Å²) in [6, 6.07) is 23.7. The molecule has 1 saturated heterocycles. The maximum Gasteiger partial charge on any atom is 0.131 e. The number of hydrogen-bond donors (Lipinski definition) is 1. The highest BCUT2D eigenvalue weighted by molar-refractivity contribution is 5.71. The minimum Gasteiger partial charge on any atom is -0.373 e. The van der Waals surface area contributed by atoms with Crippen LogP contribution in [0.5, 0.6) is 0 Å². The number of hydrogen-bond acceptors (Lipinski definition) is 3. The maximum absolute atomic E-state index is 15.0. The second-order valence-electron chi connectivity index (χ2n) is 8.83. The van der Waals surface area contributed by atoms with Crippen LogP contribution in [-0.4, -0.2) is 40.4 Å². The molecule has 4 nitrogen and oxygen atoms in total. The number of H-pyrrole nitrogens is 1. The van der Waals surface area contributed by atoms with E-state index in [0.717, 1.165) is 40.9 Å². The second kappa shape index (κ2) is 9.30. The monoisotopic (exact) mass is 441 g/mol. The van der Waals surface area contributed by atoms with Crippen molar-refractivity contribution in [2.24, 2.45) is 0 Å². The molecule has 0 spiro atoms. The fourth-order valence-corrected chi connectivity index (χ4v) is 4.86. The molecule has 3 atom stereocenters. The zero-order valence-electron chi connectivity index (χ0n) is 18.9. The van der Waals surface area contributed by atoms with Crippen molar-refractivity contribution in [1.82, 2.24) is 15.1 Å². The lowest BCUT2D eigenvalue weighted by atomic mass is 9.93. The number of nitrogens with zero attached hydrogens (tertiary/aromatic N) is 2. The summed E-state index contributed by atoms with van der Waals surface area (Å²) in [5.41, 5.74) is 5.84. The molecule has 3 unspecified atom stereocenters. The summed E-state index contributed by atoms with van der Waals surface area (Å²) < 4.78 is 21.0. The molecule has 33 heavy (non-hydrogen) atoms. The van der Waals surface area contributed by atoms with E-state index in [0.29, 0.717) is 5.56 Å². The van der Waals surface area contributed by atoms with Crippen molar-refractivity contribution >= 4 is 0 Å². The average Bonchev–Trinajstić information content (AvgIpc) is 3.35. The van der Waals surface area contributed by atoms with Crippen molar-refractivity contribution in [3.05, 3.63) is 102 Å². The third-order valence-corrected chi connectivity index (χ3v) is 6.26. The van der Waals surface area contributed by atoms with Gasteiger partial charge in [0.05, 0.1) is 24.4 Å². The van der Waals surface area contributed by atoms with Crippen LogP contribution in [0.25, 0.3) is 22.3 Å². The minimum atomic E-state index is -0.221. The Hall–Kier alpha value is -3.28. The SMILES string of the molecule is CC1CN(C(c2cn[nH]c2)c2ccc(F)c(-c3ccc(-c4ccccc4)cc3)c2)CC(C)O1. The van der Waals surface area contributed by atoms with Gasteiger partial charge < -0.3 is 4.74 Å². The van der Waals surface area contributed by atoms with Crippen LogP contribution >= 0.6 is 0 Å². The molecule has 2 heterocycles. The number of nitrogens with one attached hydrogen (secondary N) is 1. The summed E-state index contributed by atoms with van der Waals surface area (Å²) in [5.74, 6) is -0.221. The van der Waals surface area contributed by atoms with Gasteiger partial charge in [0.15, 0.2) is 0 Å². The van der Waals surface area contributed by atoms with Crippen LogP contribution in [0.15, 0.2) is 85.2 Å². The zero-order chi connectivity index (χ0) is 22.8. The Morgan fingerprint density at radius 3 is 2.21 bits per heavy atom. The fraction of sp³-hybridized carbons (Fsp3) is 0.250. The van der Waals surface area contributed by atoms with E-state index < -0.39 is 0 Å². The van der Waals surface area contributed by atoms with E-state index in [1.807, 2.05) is 54.9 Å². The standard InChI is InChI=1S/C28H28FN3O/c1-19-17-32(18-20(2)33-19)28(25-15-30-31-16-25)24-12-13-27(29)26(14-24)23-10-8-22(9-11-23)21-6-4-3-5-7-21/h3-16,19-20,28H,17-18H2,1-2H3,(H,30,31). The molecule has 168 valence electrons. The molecular formula is C28H28FN3O. The van der Waals surface area contributed by atoms with E-state index >= 15 is 0 Å². The summed E-state index contributed by atoms with van der Waals surface area (Å²) >= 11 is 0. The summed E-state index contributed by atoms with van der Waals surface area (Å²) in [5, 5.41) is 7.12. The third-order valence-electron chi connectivity index (χ3n) is 6.26. The molecule has 5 heteroatoms. The van der Waals surface area contributed by atoms with Gasteiger partial charge in [-0.15, -0.1) is 0 Å². The first-order valence-electron chi connectivity index (χ1n) is 11.4. The predicted molar refractivity (Wildman–Crippen MR) is 129 cm³/mol. The molecule has 0 aliphatic carbocycles. The van der Waals surface area contributed by atoms with Crippen LogP contribution in [0.1, 0.15) is 31.0 Å². The molecule has 3 aromatic carbocycles. The van der Waals surface area contributed by atoms with E-state index in [-0.39, 0.29) is 24.1 Å².